The molecule has 3 heteroatoms. The maximum absolute atomic E-state index is 11.7. The molecule has 13 heavy (non-hydrogen) atoms. The van der Waals surface area contributed by atoms with Crippen LogP contribution in [0.25, 0.3) is 0 Å². The standard InChI is InChI=1S/C10H14N2O/c1-2-8-10(13)12-7-5-3-4-6-9(12)11-8/h2H,3-7H2,1H3. The van der Waals surface area contributed by atoms with Gasteiger partial charge in [0.05, 0.1) is 0 Å². The molecule has 3 nitrogen and oxygen atoms in total. The van der Waals surface area contributed by atoms with E-state index >= 15 is 0 Å². The van der Waals surface area contributed by atoms with Gasteiger partial charge >= 0.3 is 0 Å². The molecule has 1 amide bonds. The molecule has 1 fully saturated rings. The number of nitrogens with zero attached hydrogens (tertiary/aromatic N) is 2. The van der Waals surface area contributed by atoms with Crippen LogP contribution >= 0.6 is 0 Å². The highest BCUT2D eigenvalue weighted by atomic mass is 16.2. The van der Waals surface area contributed by atoms with Gasteiger partial charge in [-0.2, -0.15) is 0 Å². The first-order valence-corrected chi connectivity index (χ1v) is 4.88. The lowest BCUT2D eigenvalue weighted by Gasteiger charge is -2.13. The van der Waals surface area contributed by atoms with E-state index in [-0.39, 0.29) is 5.91 Å². The Kier molecular flexibility index (Phi) is 2.17. The normalized spacial score (nSPS) is 25.9. The Morgan fingerprint density at radius 2 is 2.23 bits per heavy atom. The van der Waals surface area contributed by atoms with Crippen molar-refractivity contribution in [2.75, 3.05) is 6.54 Å². The fourth-order valence-corrected chi connectivity index (χ4v) is 1.84. The number of rotatable bonds is 0. The van der Waals surface area contributed by atoms with Crippen LogP contribution in [-0.2, 0) is 4.79 Å². The number of carbonyl (C=O) groups is 1. The highest BCUT2D eigenvalue weighted by Crippen LogP contribution is 2.21. The lowest BCUT2D eigenvalue weighted by Crippen LogP contribution is -2.31. The molecule has 0 unspecified atom stereocenters. The average Bonchev–Trinajstić information content (AvgIpc) is 2.37. The van der Waals surface area contributed by atoms with Crippen LogP contribution in [0.4, 0.5) is 0 Å². The molecular formula is C10H14N2O. The first-order chi connectivity index (χ1) is 6.33. The topological polar surface area (TPSA) is 32.7 Å². The molecule has 0 aliphatic carbocycles. The SMILES string of the molecule is CC=C1N=C2CCCCCN2C1=O. The molecule has 0 aromatic carbocycles. The smallest absolute Gasteiger partial charge is 0.277 e. The van der Waals surface area contributed by atoms with E-state index in [0.717, 1.165) is 25.2 Å². The van der Waals surface area contributed by atoms with Gasteiger partial charge in [-0.05, 0) is 19.8 Å². The molecule has 2 aliphatic heterocycles. The average molecular weight is 178 g/mol. The van der Waals surface area contributed by atoms with Gasteiger partial charge in [-0.25, -0.2) is 4.99 Å². The Morgan fingerprint density at radius 3 is 3.00 bits per heavy atom. The number of allylic oxidation sites excluding steroid dienone is 1. The number of aliphatic imine (C=N–C) groups is 1. The van der Waals surface area contributed by atoms with Gasteiger partial charge < -0.3 is 0 Å². The van der Waals surface area contributed by atoms with E-state index in [9.17, 15) is 4.79 Å². The number of amidine groups is 1. The summed E-state index contributed by atoms with van der Waals surface area (Å²) in [5, 5.41) is 0. The van der Waals surface area contributed by atoms with Crippen molar-refractivity contribution >= 4 is 11.7 Å². The van der Waals surface area contributed by atoms with Crippen molar-refractivity contribution in [2.45, 2.75) is 32.6 Å². The molecule has 70 valence electrons. The summed E-state index contributed by atoms with van der Waals surface area (Å²) in [5.74, 6) is 1.08. The lowest BCUT2D eigenvalue weighted by molar-refractivity contribution is -0.122. The highest BCUT2D eigenvalue weighted by Gasteiger charge is 2.29. The molecule has 0 N–H and O–H groups in total. The number of hydrogen-bond acceptors (Lipinski definition) is 2. The second-order valence-electron chi connectivity index (χ2n) is 3.47. The highest BCUT2D eigenvalue weighted by molar-refractivity contribution is 6.12. The Hall–Kier alpha value is -1.12. The first-order valence-electron chi connectivity index (χ1n) is 4.88. The summed E-state index contributed by atoms with van der Waals surface area (Å²) >= 11 is 0. The van der Waals surface area contributed by atoms with Gasteiger partial charge in [-0.15, -0.1) is 0 Å². The zero-order valence-corrected chi connectivity index (χ0v) is 7.92. The second-order valence-corrected chi connectivity index (χ2v) is 3.47. The maximum Gasteiger partial charge on any atom is 0.277 e. The summed E-state index contributed by atoms with van der Waals surface area (Å²) in [6.45, 7) is 2.72. The van der Waals surface area contributed by atoms with E-state index in [2.05, 4.69) is 4.99 Å². The molecule has 0 bridgehead atoms. The molecule has 0 aromatic heterocycles. The van der Waals surface area contributed by atoms with Crippen molar-refractivity contribution in [2.24, 2.45) is 4.99 Å². The van der Waals surface area contributed by atoms with Crippen LogP contribution in [0.2, 0.25) is 0 Å². The van der Waals surface area contributed by atoms with Crippen molar-refractivity contribution in [3.8, 4) is 0 Å². The largest absolute Gasteiger partial charge is 0.295 e. The van der Waals surface area contributed by atoms with E-state index in [1.54, 1.807) is 6.08 Å². The minimum Gasteiger partial charge on any atom is -0.295 e. The third-order valence-corrected chi connectivity index (χ3v) is 2.58. The predicted molar refractivity (Wildman–Crippen MR) is 51.4 cm³/mol. The van der Waals surface area contributed by atoms with Crippen molar-refractivity contribution < 1.29 is 4.79 Å². The van der Waals surface area contributed by atoms with Crippen LogP contribution in [0, 0.1) is 0 Å². The molecule has 0 spiro atoms. The van der Waals surface area contributed by atoms with E-state index in [1.165, 1.54) is 12.8 Å². The molecule has 0 atom stereocenters. The number of fused-ring (bicyclic) bond motifs is 1. The quantitative estimate of drug-likeness (QED) is 0.520. The minimum atomic E-state index is 0.0967. The van der Waals surface area contributed by atoms with Crippen LogP contribution in [0.3, 0.4) is 0 Å². The van der Waals surface area contributed by atoms with Gasteiger partial charge in [0.25, 0.3) is 5.91 Å². The van der Waals surface area contributed by atoms with Gasteiger partial charge in [0.15, 0.2) is 0 Å². The fraction of sp³-hybridized carbons (Fsp3) is 0.600. The molecule has 1 saturated heterocycles. The van der Waals surface area contributed by atoms with E-state index < -0.39 is 0 Å². The molecule has 2 aliphatic rings. The van der Waals surface area contributed by atoms with Crippen LogP contribution < -0.4 is 0 Å². The summed E-state index contributed by atoms with van der Waals surface area (Å²) < 4.78 is 0. The van der Waals surface area contributed by atoms with Crippen LogP contribution in [0.15, 0.2) is 16.8 Å². The van der Waals surface area contributed by atoms with E-state index in [4.69, 9.17) is 0 Å². The molecule has 0 radical (unpaired) electrons. The first kappa shape index (κ1) is 8.48. The Balaban J connectivity index is 2.27. The van der Waals surface area contributed by atoms with Crippen molar-refractivity contribution in [1.29, 1.82) is 0 Å². The van der Waals surface area contributed by atoms with Crippen LogP contribution in [0.1, 0.15) is 32.6 Å². The van der Waals surface area contributed by atoms with Crippen molar-refractivity contribution in [3.63, 3.8) is 0 Å². The van der Waals surface area contributed by atoms with Gasteiger partial charge in [0.1, 0.15) is 11.5 Å². The van der Waals surface area contributed by atoms with Crippen LogP contribution in [-0.4, -0.2) is 23.2 Å². The summed E-state index contributed by atoms with van der Waals surface area (Å²) in [7, 11) is 0. The predicted octanol–water partition coefficient (Wildman–Crippen LogP) is 1.70. The van der Waals surface area contributed by atoms with Gasteiger partial charge in [-0.3, -0.25) is 9.69 Å². The molecule has 2 rings (SSSR count). The number of carbonyl (C=O) groups excluding carboxylic acids is 1. The zero-order chi connectivity index (χ0) is 9.26. The monoisotopic (exact) mass is 178 g/mol. The summed E-state index contributed by atoms with van der Waals surface area (Å²) in [6.07, 6.45) is 6.25. The Bertz CT molecular complexity index is 291. The van der Waals surface area contributed by atoms with Gasteiger partial charge in [0.2, 0.25) is 0 Å². The third-order valence-electron chi connectivity index (χ3n) is 2.58. The summed E-state index contributed by atoms with van der Waals surface area (Å²) in [4.78, 5) is 17.8. The molecule has 2 heterocycles. The number of amides is 1. The lowest BCUT2D eigenvalue weighted by atomic mass is 10.2. The van der Waals surface area contributed by atoms with Crippen LogP contribution in [0.5, 0.6) is 0 Å². The maximum atomic E-state index is 11.7. The minimum absolute atomic E-state index is 0.0967. The van der Waals surface area contributed by atoms with E-state index in [1.807, 2.05) is 11.8 Å². The van der Waals surface area contributed by atoms with Gasteiger partial charge in [-0.1, -0.05) is 12.5 Å². The zero-order valence-electron chi connectivity index (χ0n) is 7.92. The molecular weight excluding hydrogens is 164 g/mol. The summed E-state index contributed by atoms with van der Waals surface area (Å²) in [5.41, 5.74) is 0.622. The van der Waals surface area contributed by atoms with Gasteiger partial charge in [0, 0.05) is 13.0 Å². The van der Waals surface area contributed by atoms with Crippen molar-refractivity contribution in [3.05, 3.63) is 11.8 Å². The Morgan fingerprint density at radius 1 is 1.38 bits per heavy atom. The van der Waals surface area contributed by atoms with Crippen molar-refractivity contribution in [1.82, 2.24) is 4.90 Å². The second kappa shape index (κ2) is 3.32. The molecule has 0 saturated carbocycles. The number of hydrogen-bond donors (Lipinski definition) is 0. The Labute approximate surface area is 78.1 Å². The summed E-state index contributed by atoms with van der Waals surface area (Å²) in [6, 6.07) is 0. The molecule has 0 aromatic rings. The fourth-order valence-electron chi connectivity index (χ4n) is 1.84. The third kappa shape index (κ3) is 1.39. The van der Waals surface area contributed by atoms with E-state index in [0.29, 0.717) is 5.70 Å².